The smallest absolute Gasteiger partial charge is 0.261 e. The number of carbonyl (C=O) groups is 1. The number of carbonyl (C=O) groups excluding carboxylic acids is 1. The molecule has 2 aromatic heterocycles. The number of fused-ring (bicyclic) bond motifs is 1. The van der Waals surface area contributed by atoms with E-state index in [9.17, 15) is 9.59 Å². The zero-order valence-electron chi connectivity index (χ0n) is 15.2. The zero-order chi connectivity index (χ0) is 19.4. The number of halogens is 1. The number of aromatic nitrogens is 2. The van der Waals surface area contributed by atoms with Crippen LogP contribution in [0.15, 0.2) is 50.6 Å². The predicted octanol–water partition coefficient (Wildman–Crippen LogP) is 3.03. The maximum Gasteiger partial charge on any atom is 0.261 e. The summed E-state index contributed by atoms with van der Waals surface area (Å²) in [7, 11) is 3.99. The Hall–Kier alpha value is -2.03. The summed E-state index contributed by atoms with van der Waals surface area (Å²) in [4.78, 5) is 31.2. The van der Waals surface area contributed by atoms with Crippen LogP contribution in [0.25, 0.3) is 10.9 Å². The molecule has 1 unspecified atom stereocenters. The maximum atomic E-state index is 12.6. The third-order valence-corrected chi connectivity index (χ3v) is 5.60. The molecular weight excluding hydrogens is 428 g/mol. The zero-order valence-corrected chi connectivity index (χ0v) is 17.6. The fourth-order valence-corrected chi connectivity index (χ4v) is 3.94. The molecule has 1 aromatic carbocycles. The van der Waals surface area contributed by atoms with E-state index in [1.807, 2.05) is 25.5 Å². The number of benzene rings is 1. The molecular formula is C19H21BrN4O2S. The number of thiophene rings is 1. The lowest BCUT2D eigenvalue weighted by Crippen LogP contribution is -2.35. The molecule has 0 radical (unpaired) electrons. The van der Waals surface area contributed by atoms with E-state index in [1.54, 1.807) is 23.5 Å². The molecule has 6 nitrogen and oxygen atoms in total. The van der Waals surface area contributed by atoms with E-state index in [4.69, 9.17) is 0 Å². The van der Waals surface area contributed by atoms with Crippen molar-refractivity contribution in [2.45, 2.75) is 19.0 Å². The van der Waals surface area contributed by atoms with E-state index in [-0.39, 0.29) is 23.9 Å². The Bertz CT molecular complexity index is 985. The molecule has 0 fully saturated rings. The fourth-order valence-electron chi connectivity index (χ4n) is 2.87. The summed E-state index contributed by atoms with van der Waals surface area (Å²) in [6.45, 7) is 0.825. The van der Waals surface area contributed by atoms with E-state index in [0.717, 1.165) is 4.47 Å². The normalized spacial score (nSPS) is 12.4. The summed E-state index contributed by atoms with van der Waals surface area (Å²) in [6.07, 6.45) is 1.73. The molecule has 1 amide bonds. The summed E-state index contributed by atoms with van der Waals surface area (Å²) < 4.78 is 2.31. The van der Waals surface area contributed by atoms with Gasteiger partial charge in [-0.1, -0.05) is 15.9 Å². The standard InChI is InChI=1S/C19H21BrN4O2S/c1-23(2)17(13-6-8-27-11-13)10-21-18(25)5-7-24-12-22-16-4-3-14(20)9-15(16)19(24)26/h3-4,6,8-9,11-12,17H,5,7,10H2,1-2H3,(H,21,25). The van der Waals surface area contributed by atoms with Gasteiger partial charge in [0.2, 0.25) is 5.91 Å². The second-order valence-electron chi connectivity index (χ2n) is 6.49. The third kappa shape index (κ3) is 4.82. The Morgan fingerprint density at radius 3 is 2.89 bits per heavy atom. The first kappa shape index (κ1) is 19.7. The van der Waals surface area contributed by atoms with Crippen LogP contribution in [-0.2, 0) is 11.3 Å². The molecule has 8 heteroatoms. The average Bonchev–Trinajstić information content (AvgIpc) is 3.16. The van der Waals surface area contributed by atoms with E-state index >= 15 is 0 Å². The molecule has 0 spiro atoms. The molecule has 142 valence electrons. The van der Waals surface area contributed by atoms with Crippen molar-refractivity contribution in [3.8, 4) is 0 Å². The second-order valence-corrected chi connectivity index (χ2v) is 8.19. The van der Waals surface area contributed by atoms with Crippen molar-refractivity contribution in [3.63, 3.8) is 0 Å². The van der Waals surface area contributed by atoms with Gasteiger partial charge >= 0.3 is 0 Å². The van der Waals surface area contributed by atoms with Gasteiger partial charge in [0.25, 0.3) is 5.56 Å². The predicted molar refractivity (Wildman–Crippen MR) is 112 cm³/mol. The van der Waals surface area contributed by atoms with Gasteiger partial charge in [-0.3, -0.25) is 14.2 Å². The first-order chi connectivity index (χ1) is 13.0. The number of aryl methyl sites for hydroxylation is 1. The number of hydrogen-bond donors (Lipinski definition) is 1. The van der Waals surface area contributed by atoms with Crippen LogP contribution in [0, 0.1) is 0 Å². The van der Waals surface area contributed by atoms with Crippen molar-refractivity contribution in [1.82, 2.24) is 19.8 Å². The van der Waals surface area contributed by atoms with Gasteiger partial charge in [-0.05, 0) is 54.7 Å². The number of nitrogens with zero attached hydrogens (tertiary/aromatic N) is 3. The Morgan fingerprint density at radius 1 is 1.37 bits per heavy atom. The molecule has 0 aliphatic rings. The van der Waals surface area contributed by atoms with E-state index in [1.165, 1.54) is 16.5 Å². The topological polar surface area (TPSA) is 67.2 Å². The summed E-state index contributed by atoms with van der Waals surface area (Å²) in [5, 5.41) is 7.63. The Labute approximate surface area is 170 Å². The van der Waals surface area contributed by atoms with Crippen LogP contribution < -0.4 is 10.9 Å². The highest BCUT2D eigenvalue weighted by Gasteiger charge is 2.15. The second kappa shape index (κ2) is 8.77. The van der Waals surface area contributed by atoms with Crippen molar-refractivity contribution >= 4 is 44.1 Å². The van der Waals surface area contributed by atoms with Crippen LogP contribution >= 0.6 is 27.3 Å². The average molecular weight is 449 g/mol. The summed E-state index contributed by atoms with van der Waals surface area (Å²) in [5.74, 6) is -0.0849. The summed E-state index contributed by atoms with van der Waals surface area (Å²) in [6, 6.07) is 7.59. The lowest BCUT2D eigenvalue weighted by Gasteiger charge is -2.24. The lowest BCUT2D eigenvalue weighted by atomic mass is 10.1. The third-order valence-electron chi connectivity index (χ3n) is 4.41. The van der Waals surface area contributed by atoms with E-state index in [2.05, 4.69) is 42.6 Å². The number of amides is 1. The van der Waals surface area contributed by atoms with Crippen LogP contribution in [0.3, 0.4) is 0 Å². The van der Waals surface area contributed by atoms with Crippen LogP contribution in [-0.4, -0.2) is 41.0 Å². The molecule has 0 bridgehead atoms. The summed E-state index contributed by atoms with van der Waals surface area (Å²) in [5.41, 5.74) is 1.69. The molecule has 1 atom stereocenters. The highest BCUT2D eigenvalue weighted by Crippen LogP contribution is 2.20. The minimum Gasteiger partial charge on any atom is -0.354 e. The Morgan fingerprint density at radius 2 is 2.19 bits per heavy atom. The Kier molecular flexibility index (Phi) is 6.41. The molecule has 3 rings (SSSR count). The van der Waals surface area contributed by atoms with Crippen molar-refractivity contribution in [1.29, 1.82) is 0 Å². The molecule has 2 heterocycles. The molecule has 0 saturated heterocycles. The van der Waals surface area contributed by atoms with Gasteiger partial charge in [0.1, 0.15) is 0 Å². The Balaban J connectivity index is 1.61. The van der Waals surface area contributed by atoms with Gasteiger partial charge in [-0.15, -0.1) is 0 Å². The number of rotatable bonds is 7. The first-order valence-electron chi connectivity index (χ1n) is 8.55. The quantitative estimate of drug-likeness (QED) is 0.602. The number of likely N-dealkylation sites (N-methyl/N-ethyl adjacent to an activating group) is 1. The highest BCUT2D eigenvalue weighted by molar-refractivity contribution is 9.10. The van der Waals surface area contributed by atoms with Crippen molar-refractivity contribution in [3.05, 3.63) is 61.7 Å². The molecule has 0 aliphatic carbocycles. The SMILES string of the molecule is CN(C)C(CNC(=O)CCn1cnc2ccc(Br)cc2c1=O)c1ccsc1. The number of nitrogens with one attached hydrogen (secondary N) is 1. The molecule has 1 N–H and O–H groups in total. The molecule has 27 heavy (non-hydrogen) atoms. The van der Waals surface area contributed by atoms with Crippen molar-refractivity contribution in [2.75, 3.05) is 20.6 Å². The lowest BCUT2D eigenvalue weighted by molar-refractivity contribution is -0.121. The number of hydrogen-bond acceptors (Lipinski definition) is 5. The molecule has 3 aromatic rings. The van der Waals surface area contributed by atoms with Gasteiger partial charge in [0, 0.05) is 24.0 Å². The largest absolute Gasteiger partial charge is 0.354 e. The van der Waals surface area contributed by atoms with Gasteiger partial charge in [0.15, 0.2) is 0 Å². The fraction of sp³-hybridized carbons (Fsp3) is 0.316. The van der Waals surface area contributed by atoms with Crippen molar-refractivity contribution in [2.24, 2.45) is 0 Å². The van der Waals surface area contributed by atoms with Crippen LogP contribution in [0.2, 0.25) is 0 Å². The highest BCUT2D eigenvalue weighted by atomic mass is 79.9. The molecule has 0 aliphatic heterocycles. The van der Waals surface area contributed by atoms with Crippen LogP contribution in [0.4, 0.5) is 0 Å². The monoisotopic (exact) mass is 448 g/mol. The van der Waals surface area contributed by atoms with E-state index in [0.29, 0.717) is 24.0 Å². The van der Waals surface area contributed by atoms with Gasteiger partial charge in [-0.2, -0.15) is 11.3 Å². The summed E-state index contributed by atoms with van der Waals surface area (Å²) >= 11 is 5.01. The molecule has 0 saturated carbocycles. The van der Waals surface area contributed by atoms with Crippen LogP contribution in [0.1, 0.15) is 18.0 Å². The van der Waals surface area contributed by atoms with Gasteiger partial charge in [0.05, 0.1) is 23.3 Å². The van der Waals surface area contributed by atoms with E-state index < -0.39 is 0 Å². The minimum absolute atomic E-state index is 0.0849. The van der Waals surface area contributed by atoms with Gasteiger partial charge in [-0.25, -0.2) is 4.98 Å². The van der Waals surface area contributed by atoms with Crippen molar-refractivity contribution < 1.29 is 4.79 Å². The van der Waals surface area contributed by atoms with Crippen LogP contribution in [0.5, 0.6) is 0 Å². The maximum absolute atomic E-state index is 12.6. The van der Waals surface area contributed by atoms with Gasteiger partial charge < -0.3 is 10.2 Å². The first-order valence-corrected chi connectivity index (χ1v) is 10.3. The minimum atomic E-state index is -0.140.